The van der Waals surface area contributed by atoms with Gasteiger partial charge < -0.3 is 15.5 Å². The summed E-state index contributed by atoms with van der Waals surface area (Å²) in [5.74, 6) is -1.15. The maximum atomic E-state index is 10.7. The van der Waals surface area contributed by atoms with Crippen LogP contribution in [0.25, 0.3) is 0 Å². The molecule has 0 bridgehead atoms. The number of nitrogens with one attached hydrogen (secondary N) is 1. The molecule has 3 atom stereocenters. The number of hydrogen-bond donors (Lipinski definition) is 3. The number of carboxylic acids is 1. The van der Waals surface area contributed by atoms with Gasteiger partial charge in [-0.3, -0.25) is 4.79 Å². The number of rotatable bonds is 7. The molecule has 0 aromatic rings. The van der Waals surface area contributed by atoms with Crippen LogP contribution < -0.4 is 5.32 Å². The van der Waals surface area contributed by atoms with Gasteiger partial charge >= 0.3 is 5.97 Å². The highest BCUT2D eigenvalue weighted by Crippen LogP contribution is 2.12. The minimum Gasteiger partial charge on any atom is -0.480 e. The molecule has 0 heterocycles. The summed E-state index contributed by atoms with van der Waals surface area (Å²) in [5, 5.41) is 21.1. The molecule has 4 nitrogen and oxygen atoms in total. The number of likely N-dealkylation sites (N-methyl/N-ethyl adjacent to an activating group) is 1. The van der Waals surface area contributed by atoms with Crippen LogP contribution in [0.3, 0.4) is 0 Å². The molecule has 0 radical (unpaired) electrons. The lowest BCUT2D eigenvalue weighted by atomic mass is 9.94. The van der Waals surface area contributed by atoms with Gasteiger partial charge in [0.15, 0.2) is 0 Å². The van der Waals surface area contributed by atoms with E-state index in [1.54, 1.807) is 12.2 Å². The van der Waals surface area contributed by atoms with Crippen LogP contribution in [0.5, 0.6) is 0 Å². The van der Waals surface area contributed by atoms with E-state index in [1.165, 1.54) is 7.05 Å². The summed E-state index contributed by atoms with van der Waals surface area (Å²) >= 11 is 0. The first-order valence-corrected chi connectivity index (χ1v) is 4.90. The molecule has 0 saturated heterocycles. The fourth-order valence-corrected chi connectivity index (χ4v) is 1.30. The maximum Gasteiger partial charge on any atom is 0.323 e. The number of aliphatic carboxylic acids is 1. The van der Waals surface area contributed by atoms with E-state index in [0.29, 0.717) is 6.42 Å². The average Bonchev–Trinajstić information content (AvgIpc) is 2.18. The molecule has 0 aliphatic heterocycles. The Kier molecular flexibility index (Phi) is 6.66. The van der Waals surface area contributed by atoms with Crippen molar-refractivity contribution in [3.05, 3.63) is 24.8 Å². The zero-order valence-corrected chi connectivity index (χ0v) is 9.18. The molecular formula is C11H19NO3. The number of carboxylic acid groups (broad SMARTS) is 1. The Morgan fingerprint density at radius 2 is 2.20 bits per heavy atom. The predicted molar refractivity (Wildman–Crippen MR) is 59.6 cm³/mol. The largest absolute Gasteiger partial charge is 0.480 e. The highest BCUT2D eigenvalue weighted by atomic mass is 16.4. The molecule has 4 heteroatoms. The van der Waals surface area contributed by atoms with Crippen LogP contribution in [0.1, 0.15) is 13.3 Å². The predicted octanol–water partition coefficient (Wildman–Crippen LogP) is 0.788. The van der Waals surface area contributed by atoms with Crippen molar-refractivity contribution in [2.75, 3.05) is 7.05 Å². The summed E-state index contributed by atoms with van der Waals surface area (Å²) < 4.78 is 0. The molecule has 0 amide bonds. The average molecular weight is 213 g/mol. The molecule has 0 saturated carbocycles. The van der Waals surface area contributed by atoms with Crippen molar-refractivity contribution in [1.82, 2.24) is 5.32 Å². The van der Waals surface area contributed by atoms with Crippen molar-refractivity contribution < 1.29 is 15.0 Å². The molecule has 0 spiro atoms. The summed E-state index contributed by atoms with van der Waals surface area (Å²) in [6.45, 7) is 5.34. The zero-order valence-electron chi connectivity index (χ0n) is 9.18. The molecule has 3 N–H and O–H groups in total. The molecule has 0 unspecified atom stereocenters. The first kappa shape index (κ1) is 13.9. The SMILES string of the molecule is C=C/C=C\C[C@@H](C)[C@@H](O)[C@H](NC)C(=O)O. The summed E-state index contributed by atoms with van der Waals surface area (Å²) in [4.78, 5) is 10.7. The van der Waals surface area contributed by atoms with Gasteiger partial charge in [-0.05, 0) is 19.4 Å². The Bertz CT molecular complexity index is 238. The van der Waals surface area contributed by atoms with Gasteiger partial charge in [0.1, 0.15) is 6.04 Å². The minimum absolute atomic E-state index is 0.116. The normalized spacial score (nSPS) is 17.3. The Morgan fingerprint density at radius 1 is 1.60 bits per heavy atom. The van der Waals surface area contributed by atoms with E-state index in [2.05, 4.69) is 11.9 Å². The third kappa shape index (κ3) is 4.76. The topological polar surface area (TPSA) is 69.6 Å². The molecule has 0 aliphatic carbocycles. The molecule has 0 aliphatic rings. The van der Waals surface area contributed by atoms with Crippen molar-refractivity contribution in [2.24, 2.45) is 5.92 Å². The van der Waals surface area contributed by atoms with Gasteiger partial charge in [0.25, 0.3) is 0 Å². The van der Waals surface area contributed by atoms with Crippen molar-refractivity contribution in [2.45, 2.75) is 25.5 Å². The van der Waals surface area contributed by atoms with E-state index < -0.39 is 18.1 Å². The molecule has 86 valence electrons. The van der Waals surface area contributed by atoms with Gasteiger partial charge in [0.05, 0.1) is 6.10 Å². The molecule has 0 aromatic heterocycles. The molecule has 15 heavy (non-hydrogen) atoms. The summed E-state index contributed by atoms with van der Waals surface area (Å²) in [6.07, 6.45) is 5.00. The minimum atomic E-state index is -1.04. The van der Waals surface area contributed by atoms with Gasteiger partial charge in [0.2, 0.25) is 0 Å². The molecule has 0 fully saturated rings. The zero-order chi connectivity index (χ0) is 11.8. The second-order valence-electron chi connectivity index (χ2n) is 3.47. The van der Waals surface area contributed by atoms with Gasteiger partial charge in [0, 0.05) is 0 Å². The molecule has 0 aromatic carbocycles. The fraction of sp³-hybridized carbons (Fsp3) is 0.545. The van der Waals surface area contributed by atoms with E-state index in [1.807, 2.05) is 13.0 Å². The Balaban J connectivity index is 4.27. The number of aliphatic hydroxyl groups is 1. The quantitative estimate of drug-likeness (QED) is 0.547. The maximum absolute atomic E-state index is 10.7. The second kappa shape index (κ2) is 7.20. The van der Waals surface area contributed by atoms with Crippen LogP contribution >= 0.6 is 0 Å². The number of allylic oxidation sites excluding steroid dienone is 3. The Morgan fingerprint density at radius 3 is 2.60 bits per heavy atom. The van der Waals surface area contributed by atoms with Crippen LogP contribution in [0.2, 0.25) is 0 Å². The number of aliphatic hydroxyl groups excluding tert-OH is 1. The smallest absolute Gasteiger partial charge is 0.323 e. The van der Waals surface area contributed by atoms with Crippen LogP contribution in [-0.2, 0) is 4.79 Å². The second-order valence-corrected chi connectivity index (χ2v) is 3.47. The van der Waals surface area contributed by atoms with Crippen molar-refractivity contribution in [1.29, 1.82) is 0 Å². The highest BCUT2D eigenvalue weighted by molar-refractivity contribution is 5.74. The Hall–Kier alpha value is -1.13. The third-order valence-corrected chi connectivity index (χ3v) is 2.28. The van der Waals surface area contributed by atoms with Gasteiger partial charge in [-0.15, -0.1) is 0 Å². The van der Waals surface area contributed by atoms with E-state index in [4.69, 9.17) is 5.11 Å². The lowest BCUT2D eigenvalue weighted by molar-refractivity contribution is -0.143. The van der Waals surface area contributed by atoms with Crippen LogP contribution in [0.4, 0.5) is 0 Å². The monoisotopic (exact) mass is 213 g/mol. The van der Waals surface area contributed by atoms with Gasteiger partial charge in [-0.2, -0.15) is 0 Å². The van der Waals surface area contributed by atoms with Crippen LogP contribution in [0.15, 0.2) is 24.8 Å². The summed E-state index contributed by atoms with van der Waals surface area (Å²) in [7, 11) is 1.52. The van der Waals surface area contributed by atoms with Gasteiger partial charge in [-0.25, -0.2) is 0 Å². The summed E-state index contributed by atoms with van der Waals surface area (Å²) in [6, 6.07) is -0.919. The lowest BCUT2D eigenvalue weighted by Gasteiger charge is -2.23. The number of hydrogen-bond acceptors (Lipinski definition) is 3. The van der Waals surface area contributed by atoms with Crippen molar-refractivity contribution >= 4 is 5.97 Å². The standard InChI is InChI=1S/C11H19NO3/c1-4-5-6-7-8(2)10(13)9(12-3)11(14)15/h4-6,8-10,12-13H,1,7H2,2-3H3,(H,14,15)/b6-5-/t8-,9+,10-/m1/s1. The van der Waals surface area contributed by atoms with Crippen LogP contribution in [-0.4, -0.2) is 35.4 Å². The molecular weight excluding hydrogens is 194 g/mol. The highest BCUT2D eigenvalue weighted by Gasteiger charge is 2.28. The van der Waals surface area contributed by atoms with Crippen LogP contribution in [0, 0.1) is 5.92 Å². The van der Waals surface area contributed by atoms with Crippen molar-refractivity contribution in [3.8, 4) is 0 Å². The van der Waals surface area contributed by atoms with E-state index >= 15 is 0 Å². The lowest BCUT2D eigenvalue weighted by Crippen LogP contribution is -2.47. The Labute approximate surface area is 90.3 Å². The van der Waals surface area contributed by atoms with E-state index in [0.717, 1.165) is 0 Å². The number of carbonyl (C=O) groups is 1. The fourth-order valence-electron chi connectivity index (χ4n) is 1.30. The van der Waals surface area contributed by atoms with E-state index in [-0.39, 0.29) is 5.92 Å². The van der Waals surface area contributed by atoms with Crippen molar-refractivity contribution in [3.63, 3.8) is 0 Å². The first-order valence-electron chi connectivity index (χ1n) is 4.90. The molecule has 0 rings (SSSR count). The first-order chi connectivity index (χ1) is 7.04. The van der Waals surface area contributed by atoms with Gasteiger partial charge in [-0.1, -0.05) is 31.7 Å². The van der Waals surface area contributed by atoms with E-state index in [9.17, 15) is 9.90 Å². The third-order valence-electron chi connectivity index (χ3n) is 2.28. The summed E-state index contributed by atoms with van der Waals surface area (Å²) in [5.41, 5.74) is 0.